The first-order valence-electron chi connectivity index (χ1n) is 7.24. The number of rotatable bonds is 4. The van der Waals surface area contributed by atoms with Crippen molar-refractivity contribution < 1.29 is 22.0 Å². The van der Waals surface area contributed by atoms with Gasteiger partial charge >= 0.3 is 0 Å². The van der Waals surface area contributed by atoms with E-state index in [4.69, 9.17) is 4.42 Å². The van der Waals surface area contributed by atoms with Crippen molar-refractivity contribution in [3.63, 3.8) is 0 Å². The first-order valence-corrected chi connectivity index (χ1v) is 9.07. The summed E-state index contributed by atoms with van der Waals surface area (Å²) in [6.07, 6.45) is 1.83. The second-order valence-corrected chi connectivity index (χ2v) is 7.78. The molecule has 0 spiro atoms. The van der Waals surface area contributed by atoms with Crippen molar-refractivity contribution >= 4 is 15.7 Å². The van der Waals surface area contributed by atoms with Gasteiger partial charge < -0.3 is 9.32 Å². The minimum Gasteiger partial charge on any atom is -0.467 e. The molecule has 1 aromatic carbocycles. The van der Waals surface area contributed by atoms with E-state index in [1.165, 1.54) is 29.4 Å². The Morgan fingerprint density at radius 1 is 1.26 bits per heavy atom. The van der Waals surface area contributed by atoms with Crippen LogP contribution in [-0.4, -0.2) is 36.8 Å². The Labute approximate surface area is 133 Å². The topological polar surface area (TPSA) is 67.6 Å². The summed E-state index contributed by atoms with van der Waals surface area (Å²) in [4.78, 5) is 14.1. The van der Waals surface area contributed by atoms with Gasteiger partial charge in [0.2, 0.25) is 0 Å². The Morgan fingerprint density at radius 2 is 2.04 bits per heavy atom. The normalized spacial score (nSPS) is 19.6. The first-order chi connectivity index (χ1) is 11.0. The number of nitrogens with zero attached hydrogens (tertiary/aromatic N) is 1. The molecule has 0 aliphatic carbocycles. The molecule has 7 heteroatoms. The van der Waals surface area contributed by atoms with Gasteiger partial charge in [-0.3, -0.25) is 4.79 Å². The summed E-state index contributed by atoms with van der Waals surface area (Å²) in [6.45, 7) is 0.111. The molecule has 0 saturated carbocycles. The number of furan rings is 1. The molecule has 1 amide bonds. The van der Waals surface area contributed by atoms with E-state index < -0.39 is 27.6 Å². The predicted octanol–water partition coefficient (Wildman–Crippen LogP) is 2.25. The second kappa shape index (κ2) is 6.16. The lowest BCUT2D eigenvalue weighted by molar-refractivity contribution is 0.0661. The standard InChI is InChI=1S/C16H16FNO4S/c17-15-6-2-1-5-14(15)16(19)18(10-13-4-3-8-22-13)12-7-9-23(20,21)11-12/h1-6,8,12H,7,9-11H2/t12-/m0/s1. The molecule has 5 nitrogen and oxygen atoms in total. The van der Waals surface area contributed by atoms with Gasteiger partial charge in [-0.25, -0.2) is 12.8 Å². The van der Waals surface area contributed by atoms with Gasteiger partial charge in [-0.1, -0.05) is 12.1 Å². The van der Waals surface area contributed by atoms with Crippen molar-refractivity contribution in [2.24, 2.45) is 0 Å². The quantitative estimate of drug-likeness (QED) is 0.858. The summed E-state index contributed by atoms with van der Waals surface area (Å²) in [5.41, 5.74) is -0.0663. The number of carbonyl (C=O) groups excluding carboxylic acids is 1. The molecule has 0 N–H and O–H groups in total. The fraction of sp³-hybridized carbons (Fsp3) is 0.312. The van der Waals surface area contributed by atoms with Crippen LogP contribution in [0, 0.1) is 5.82 Å². The van der Waals surface area contributed by atoms with Crippen molar-refractivity contribution in [2.45, 2.75) is 19.0 Å². The Bertz CT molecular complexity index is 801. The Hall–Kier alpha value is -2.15. The lowest BCUT2D eigenvalue weighted by Gasteiger charge is -2.27. The third kappa shape index (κ3) is 3.44. The first kappa shape index (κ1) is 15.7. The molecule has 1 saturated heterocycles. The molecule has 2 aromatic rings. The second-order valence-electron chi connectivity index (χ2n) is 5.55. The molecule has 122 valence electrons. The molecule has 1 aromatic heterocycles. The largest absolute Gasteiger partial charge is 0.467 e. The van der Waals surface area contributed by atoms with Crippen LogP contribution in [0.3, 0.4) is 0 Å². The molecule has 1 aliphatic heterocycles. The Morgan fingerprint density at radius 3 is 2.65 bits per heavy atom. The summed E-state index contributed by atoms with van der Waals surface area (Å²) < 4.78 is 42.7. The highest BCUT2D eigenvalue weighted by Gasteiger charge is 2.36. The van der Waals surface area contributed by atoms with Gasteiger partial charge in [0, 0.05) is 6.04 Å². The number of hydrogen-bond acceptors (Lipinski definition) is 4. The van der Waals surface area contributed by atoms with E-state index in [2.05, 4.69) is 0 Å². The van der Waals surface area contributed by atoms with Gasteiger partial charge in [0.15, 0.2) is 9.84 Å². The number of benzene rings is 1. The lowest BCUT2D eigenvalue weighted by atomic mass is 10.1. The van der Waals surface area contributed by atoms with E-state index in [9.17, 15) is 17.6 Å². The fourth-order valence-electron chi connectivity index (χ4n) is 2.75. The minimum atomic E-state index is -3.16. The van der Waals surface area contributed by atoms with Crippen LogP contribution in [0.25, 0.3) is 0 Å². The SMILES string of the molecule is O=C(c1ccccc1F)N(Cc1ccco1)[C@H]1CCS(=O)(=O)C1. The van der Waals surface area contributed by atoms with Crippen LogP contribution in [0.5, 0.6) is 0 Å². The highest BCUT2D eigenvalue weighted by atomic mass is 32.2. The maximum absolute atomic E-state index is 13.9. The molecular formula is C16H16FNO4S. The maximum atomic E-state index is 13.9. The van der Waals surface area contributed by atoms with Crippen molar-refractivity contribution in [1.29, 1.82) is 0 Å². The number of amides is 1. The summed E-state index contributed by atoms with van der Waals surface area (Å²) >= 11 is 0. The van der Waals surface area contributed by atoms with Crippen molar-refractivity contribution in [1.82, 2.24) is 4.90 Å². The van der Waals surface area contributed by atoms with Crippen LogP contribution >= 0.6 is 0 Å². The Kier molecular flexibility index (Phi) is 4.21. The van der Waals surface area contributed by atoms with E-state index in [0.717, 1.165) is 0 Å². The van der Waals surface area contributed by atoms with Gasteiger partial charge in [-0.2, -0.15) is 0 Å². The average Bonchev–Trinajstić information content (AvgIpc) is 3.14. The van der Waals surface area contributed by atoms with Gasteiger partial charge in [0.05, 0.1) is 29.9 Å². The summed E-state index contributed by atoms with van der Waals surface area (Å²) in [6, 6.07) is 8.60. The predicted molar refractivity (Wildman–Crippen MR) is 82.0 cm³/mol. The molecule has 0 unspecified atom stereocenters. The Balaban J connectivity index is 1.91. The van der Waals surface area contributed by atoms with E-state index in [1.54, 1.807) is 18.2 Å². The third-order valence-corrected chi connectivity index (χ3v) is 5.67. The maximum Gasteiger partial charge on any atom is 0.257 e. The minimum absolute atomic E-state index is 0.0386. The third-order valence-electron chi connectivity index (χ3n) is 3.92. The molecule has 1 atom stereocenters. The van der Waals surface area contributed by atoms with E-state index >= 15 is 0 Å². The van der Waals surface area contributed by atoms with Gasteiger partial charge in [0.1, 0.15) is 11.6 Å². The van der Waals surface area contributed by atoms with Crippen LogP contribution in [0.15, 0.2) is 47.1 Å². The molecule has 0 radical (unpaired) electrons. The van der Waals surface area contributed by atoms with Gasteiger partial charge in [0.25, 0.3) is 5.91 Å². The average molecular weight is 337 g/mol. The zero-order valence-electron chi connectivity index (χ0n) is 12.3. The van der Waals surface area contributed by atoms with E-state index in [0.29, 0.717) is 12.2 Å². The van der Waals surface area contributed by atoms with Gasteiger partial charge in [-0.15, -0.1) is 0 Å². The van der Waals surface area contributed by atoms with Crippen LogP contribution < -0.4 is 0 Å². The number of sulfone groups is 1. The molecule has 3 rings (SSSR count). The van der Waals surface area contributed by atoms with E-state index in [-0.39, 0.29) is 23.6 Å². The fourth-order valence-corrected chi connectivity index (χ4v) is 4.48. The van der Waals surface area contributed by atoms with Crippen LogP contribution in [0.2, 0.25) is 0 Å². The number of hydrogen-bond donors (Lipinski definition) is 0. The number of carbonyl (C=O) groups is 1. The smallest absolute Gasteiger partial charge is 0.257 e. The molecular weight excluding hydrogens is 321 g/mol. The highest BCUT2D eigenvalue weighted by molar-refractivity contribution is 7.91. The summed E-state index contributed by atoms with van der Waals surface area (Å²) in [5, 5.41) is 0. The van der Waals surface area contributed by atoms with Crippen molar-refractivity contribution in [3.05, 3.63) is 59.8 Å². The molecule has 23 heavy (non-hydrogen) atoms. The summed E-state index contributed by atoms with van der Waals surface area (Å²) in [5.74, 6) is -0.687. The van der Waals surface area contributed by atoms with Crippen LogP contribution in [-0.2, 0) is 16.4 Å². The molecule has 1 fully saturated rings. The van der Waals surface area contributed by atoms with Crippen LogP contribution in [0.1, 0.15) is 22.5 Å². The van der Waals surface area contributed by atoms with Crippen molar-refractivity contribution in [3.8, 4) is 0 Å². The number of halogens is 1. The molecule has 2 heterocycles. The van der Waals surface area contributed by atoms with Crippen LogP contribution in [0.4, 0.5) is 4.39 Å². The summed E-state index contributed by atoms with van der Waals surface area (Å²) in [7, 11) is -3.16. The zero-order valence-corrected chi connectivity index (χ0v) is 13.1. The molecule has 0 bridgehead atoms. The monoisotopic (exact) mass is 337 g/mol. The van der Waals surface area contributed by atoms with E-state index in [1.807, 2.05) is 0 Å². The van der Waals surface area contributed by atoms with Crippen molar-refractivity contribution in [2.75, 3.05) is 11.5 Å². The molecule has 1 aliphatic rings. The van der Waals surface area contributed by atoms with Gasteiger partial charge in [-0.05, 0) is 30.7 Å². The highest BCUT2D eigenvalue weighted by Crippen LogP contribution is 2.23. The zero-order chi connectivity index (χ0) is 16.4. The lowest BCUT2D eigenvalue weighted by Crippen LogP contribution is -2.40.